The van der Waals surface area contributed by atoms with E-state index in [9.17, 15) is 18.5 Å². The van der Waals surface area contributed by atoms with Crippen molar-refractivity contribution in [2.45, 2.75) is 31.0 Å². The van der Waals surface area contributed by atoms with Crippen LogP contribution in [0.4, 0.5) is 5.69 Å². The van der Waals surface area contributed by atoms with Gasteiger partial charge in [0.1, 0.15) is 0 Å². The third kappa shape index (κ3) is 3.34. The van der Waals surface area contributed by atoms with Gasteiger partial charge in [-0.2, -0.15) is 4.31 Å². The zero-order valence-corrected chi connectivity index (χ0v) is 13.1. The van der Waals surface area contributed by atoms with Crippen LogP contribution in [0, 0.1) is 10.1 Å². The topological polar surface area (TPSA) is 89.8 Å². The Labute approximate surface area is 127 Å². The highest BCUT2D eigenvalue weighted by Crippen LogP contribution is 2.30. The van der Waals surface area contributed by atoms with Gasteiger partial charge in [0.05, 0.1) is 17.1 Å². The second-order valence-electron chi connectivity index (χ2n) is 4.95. The summed E-state index contributed by atoms with van der Waals surface area (Å²) in [6.07, 6.45) is -0.552. The molecule has 2 rings (SSSR count). The van der Waals surface area contributed by atoms with Crippen molar-refractivity contribution in [3.8, 4) is 0 Å². The first-order valence-electron chi connectivity index (χ1n) is 6.31. The van der Waals surface area contributed by atoms with Gasteiger partial charge in [0, 0.05) is 24.2 Å². The third-order valence-corrected chi connectivity index (χ3v) is 5.22. The number of hydrogen-bond acceptors (Lipinski definition) is 5. The lowest BCUT2D eigenvalue weighted by Crippen LogP contribution is -2.48. The number of ether oxygens (including phenoxy) is 1. The van der Waals surface area contributed by atoms with Gasteiger partial charge in [0.15, 0.2) is 4.90 Å². The highest BCUT2D eigenvalue weighted by atomic mass is 35.5. The molecule has 0 unspecified atom stereocenters. The quantitative estimate of drug-likeness (QED) is 0.623. The summed E-state index contributed by atoms with van der Waals surface area (Å²) in [5.41, 5.74) is -0.480. The SMILES string of the molecule is C[C@@H]1CN(S(=O)(=O)c2cc(Cl)ccc2[N+](=O)[O-])C[C@H](C)O1. The van der Waals surface area contributed by atoms with E-state index >= 15 is 0 Å². The first-order chi connectivity index (χ1) is 9.71. The summed E-state index contributed by atoms with van der Waals surface area (Å²) in [6, 6.07) is 3.51. The molecule has 1 aliphatic heterocycles. The molecular weight excluding hydrogens is 320 g/mol. The Kier molecular flexibility index (Phi) is 4.52. The normalized spacial score (nSPS) is 24.0. The van der Waals surface area contributed by atoms with Gasteiger partial charge in [-0.05, 0) is 26.0 Å². The maximum absolute atomic E-state index is 12.7. The molecule has 0 amide bonds. The number of sulfonamides is 1. The lowest BCUT2D eigenvalue weighted by Gasteiger charge is -2.34. The first-order valence-corrected chi connectivity index (χ1v) is 8.13. The molecule has 21 heavy (non-hydrogen) atoms. The number of morpholine rings is 1. The average molecular weight is 335 g/mol. The van der Waals surface area contributed by atoms with Crippen LogP contribution in [0.2, 0.25) is 5.02 Å². The van der Waals surface area contributed by atoms with E-state index in [0.717, 1.165) is 12.1 Å². The summed E-state index contributed by atoms with van der Waals surface area (Å²) in [5.74, 6) is 0. The van der Waals surface area contributed by atoms with Gasteiger partial charge in [-0.1, -0.05) is 11.6 Å². The molecule has 1 aliphatic rings. The predicted molar refractivity (Wildman–Crippen MR) is 76.9 cm³/mol. The second-order valence-corrected chi connectivity index (χ2v) is 7.29. The van der Waals surface area contributed by atoms with Crippen LogP contribution in [-0.2, 0) is 14.8 Å². The summed E-state index contributed by atoms with van der Waals surface area (Å²) in [5, 5.41) is 11.2. The van der Waals surface area contributed by atoms with Crippen LogP contribution >= 0.6 is 11.6 Å². The monoisotopic (exact) mass is 334 g/mol. The largest absolute Gasteiger partial charge is 0.373 e. The minimum Gasteiger partial charge on any atom is -0.373 e. The minimum absolute atomic E-state index is 0.133. The maximum Gasteiger partial charge on any atom is 0.289 e. The van der Waals surface area contributed by atoms with Crippen molar-refractivity contribution in [3.05, 3.63) is 33.3 Å². The van der Waals surface area contributed by atoms with Crippen LogP contribution < -0.4 is 0 Å². The van der Waals surface area contributed by atoms with Crippen molar-refractivity contribution >= 4 is 27.3 Å². The fourth-order valence-corrected chi connectivity index (χ4v) is 4.32. The highest BCUT2D eigenvalue weighted by molar-refractivity contribution is 7.89. The molecule has 7 nitrogen and oxygen atoms in total. The minimum atomic E-state index is -4.00. The Morgan fingerprint density at radius 3 is 2.43 bits per heavy atom. The Morgan fingerprint density at radius 1 is 1.33 bits per heavy atom. The van der Waals surface area contributed by atoms with E-state index in [1.165, 1.54) is 10.4 Å². The highest BCUT2D eigenvalue weighted by Gasteiger charge is 2.36. The Balaban J connectivity index is 2.49. The summed E-state index contributed by atoms with van der Waals surface area (Å²) >= 11 is 5.79. The first kappa shape index (κ1) is 16.2. The molecule has 1 saturated heterocycles. The molecule has 1 fully saturated rings. The standard InChI is InChI=1S/C12H15ClN2O5S/c1-8-6-14(7-9(2)20-8)21(18,19)12-5-10(13)3-4-11(12)15(16)17/h3-5,8-9H,6-7H2,1-2H3/t8-,9+. The Bertz CT molecular complexity index is 654. The van der Waals surface area contributed by atoms with E-state index < -0.39 is 20.6 Å². The fraction of sp³-hybridized carbons (Fsp3) is 0.500. The summed E-state index contributed by atoms with van der Waals surface area (Å²) in [7, 11) is -4.00. The second kappa shape index (κ2) is 5.88. The van der Waals surface area contributed by atoms with Gasteiger partial charge >= 0.3 is 0 Å². The number of halogens is 1. The van der Waals surface area contributed by atoms with Gasteiger partial charge in [-0.25, -0.2) is 8.42 Å². The molecule has 0 N–H and O–H groups in total. The van der Waals surface area contributed by atoms with Gasteiger partial charge < -0.3 is 4.74 Å². The van der Waals surface area contributed by atoms with Crippen molar-refractivity contribution < 1.29 is 18.1 Å². The Hall–Kier alpha value is -1.22. The number of nitro groups is 1. The molecule has 1 heterocycles. The maximum atomic E-state index is 12.7. The molecule has 0 bridgehead atoms. The number of nitro benzene ring substituents is 1. The van der Waals surface area contributed by atoms with Crippen LogP contribution in [0.25, 0.3) is 0 Å². The molecule has 2 atom stereocenters. The van der Waals surface area contributed by atoms with E-state index in [1.807, 2.05) is 0 Å². The zero-order valence-electron chi connectivity index (χ0n) is 11.5. The predicted octanol–water partition coefficient (Wildman–Crippen LogP) is 2.05. The van der Waals surface area contributed by atoms with Crippen LogP contribution in [0.15, 0.2) is 23.1 Å². The van der Waals surface area contributed by atoms with Gasteiger partial charge in [0.2, 0.25) is 10.0 Å². The lowest BCUT2D eigenvalue weighted by molar-refractivity contribution is -0.387. The van der Waals surface area contributed by atoms with Gasteiger partial charge in [-0.3, -0.25) is 10.1 Å². The van der Waals surface area contributed by atoms with E-state index in [-0.39, 0.29) is 35.2 Å². The van der Waals surface area contributed by atoms with Gasteiger partial charge in [-0.15, -0.1) is 0 Å². The van der Waals surface area contributed by atoms with Crippen molar-refractivity contribution in [1.29, 1.82) is 0 Å². The van der Waals surface area contributed by atoms with Crippen LogP contribution in [0.1, 0.15) is 13.8 Å². The van der Waals surface area contributed by atoms with Crippen LogP contribution in [-0.4, -0.2) is 42.9 Å². The number of hydrogen-bond donors (Lipinski definition) is 0. The Morgan fingerprint density at radius 2 is 1.90 bits per heavy atom. The molecule has 1 aromatic rings. The molecule has 1 aromatic carbocycles. The van der Waals surface area contributed by atoms with Crippen molar-refractivity contribution in [2.75, 3.05) is 13.1 Å². The zero-order chi connectivity index (χ0) is 15.8. The van der Waals surface area contributed by atoms with Crippen LogP contribution in [0.5, 0.6) is 0 Å². The van der Waals surface area contributed by atoms with Crippen molar-refractivity contribution in [1.82, 2.24) is 4.31 Å². The fourth-order valence-electron chi connectivity index (χ4n) is 2.31. The molecule has 0 aliphatic carbocycles. The van der Waals surface area contributed by atoms with Crippen LogP contribution in [0.3, 0.4) is 0 Å². The number of benzene rings is 1. The smallest absolute Gasteiger partial charge is 0.289 e. The van der Waals surface area contributed by atoms with E-state index in [4.69, 9.17) is 16.3 Å². The molecule has 9 heteroatoms. The molecule has 0 saturated carbocycles. The van der Waals surface area contributed by atoms with Crippen molar-refractivity contribution in [3.63, 3.8) is 0 Å². The number of nitrogens with zero attached hydrogens (tertiary/aromatic N) is 2. The molecule has 0 spiro atoms. The number of rotatable bonds is 3. The van der Waals surface area contributed by atoms with Gasteiger partial charge in [0.25, 0.3) is 5.69 Å². The molecule has 116 valence electrons. The summed E-state index contributed by atoms with van der Waals surface area (Å²) in [6.45, 7) is 3.81. The average Bonchev–Trinajstić information content (AvgIpc) is 2.37. The van der Waals surface area contributed by atoms with E-state index in [1.54, 1.807) is 13.8 Å². The van der Waals surface area contributed by atoms with E-state index in [0.29, 0.717) is 0 Å². The summed E-state index contributed by atoms with van der Waals surface area (Å²) in [4.78, 5) is 9.93. The molecule has 0 aromatic heterocycles. The molecular formula is C12H15ClN2O5S. The molecule has 0 radical (unpaired) electrons. The van der Waals surface area contributed by atoms with E-state index in [2.05, 4.69) is 0 Å². The van der Waals surface area contributed by atoms with Crippen molar-refractivity contribution in [2.24, 2.45) is 0 Å². The summed E-state index contributed by atoms with van der Waals surface area (Å²) < 4.78 is 32.0. The third-order valence-electron chi connectivity index (χ3n) is 3.12. The lowest BCUT2D eigenvalue weighted by atomic mass is 10.3.